The van der Waals surface area contributed by atoms with Gasteiger partial charge in [0.15, 0.2) is 0 Å². The molecule has 1 aromatic heterocycles. The second-order valence-corrected chi connectivity index (χ2v) is 6.53. The minimum Gasteiger partial charge on any atom is -0.350 e. The zero-order chi connectivity index (χ0) is 13.0. The topological polar surface area (TPSA) is 42.0 Å². The maximum absolute atomic E-state index is 11.9. The van der Waals surface area contributed by atoms with E-state index in [-0.39, 0.29) is 5.91 Å². The number of amides is 1. The van der Waals surface area contributed by atoms with Crippen LogP contribution in [0.4, 0.5) is 0 Å². The van der Waals surface area contributed by atoms with Crippen molar-refractivity contribution in [3.05, 3.63) is 16.1 Å². The Labute approximate surface area is 113 Å². The summed E-state index contributed by atoms with van der Waals surface area (Å²) >= 11 is 1.59. The molecule has 0 spiro atoms. The Hall–Kier alpha value is -0.900. The average Bonchev–Trinajstić information content (AvgIpc) is 2.95. The van der Waals surface area contributed by atoms with Crippen molar-refractivity contribution < 1.29 is 4.79 Å². The van der Waals surface area contributed by atoms with E-state index < -0.39 is 0 Å². The summed E-state index contributed by atoms with van der Waals surface area (Å²) in [5.41, 5.74) is 0.591. The molecule has 0 atom stereocenters. The van der Waals surface area contributed by atoms with Crippen LogP contribution in [0.2, 0.25) is 0 Å². The second-order valence-electron chi connectivity index (χ2n) is 5.58. The fraction of sp³-hybridized carbons (Fsp3) is 0.714. The first kappa shape index (κ1) is 13.5. The van der Waals surface area contributed by atoms with E-state index in [9.17, 15) is 4.79 Å². The van der Waals surface area contributed by atoms with Crippen LogP contribution in [0.5, 0.6) is 0 Å². The number of nitrogens with one attached hydrogen (secondary N) is 1. The quantitative estimate of drug-likeness (QED) is 0.888. The Bertz CT molecular complexity index is 394. The van der Waals surface area contributed by atoms with E-state index in [1.165, 1.54) is 25.7 Å². The van der Waals surface area contributed by atoms with Crippen LogP contribution in [-0.4, -0.2) is 17.4 Å². The third kappa shape index (κ3) is 3.80. The highest BCUT2D eigenvalue weighted by atomic mass is 32.1. The molecular formula is C14H22N2OS. The van der Waals surface area contributed by atoms with Gasteiger partial charge in [0.25, 0.3) is 5.91 Å². The molecule has 1 aliphatic carbocycles. The summed E-state index contributed by atoms with van der Waals surface area (Å²) in [6, 6.07) is 0. The molecule has 1 aliphatic rings. The van der Waals surface area contributed by atoms with Crippen molar-refractivity contribution in [2.75, 3.05) is 6.54 Å². The molecule has 0 aromatic carbocycles. The van der Waals surface area contributed by atoms with E-state index in [1.807, 2.05) is 5.38 Å². The van der Waals surface area contributed by atoms with E-state index >= 15 is 0 Å². The number of rotatable bonds is 5. The van der Waals surface area contributed by atoms with Crippen LogP contribution in [0.1, 0.15) is 55.0 Å². The van der Waals surface area contributed by atoms with Gasteiger partial charge in [-0.2, -0.15) is 0 Å². The lowest BCUT2D eigenvalue weighted by molar-refractivity contribution is 0.0943. The molecule has 100 valence electrons. The molecule has 1 heterocycles. The molecule has 0 unspecified atom stereocenters. The van der Waals surface area contributed by atoms with Crippen molar-refractivity contribution in [2.45, 2.75) is 46.0 Å². The Morgan fingerprint density at radius 1 is 1.50 bits per heavy atom. The molecule has 1 saturated carbocycles. The summed E-state index contributed by atoms with van der Waals surface area (Å²) in [6.07, 6.45) is 6.11. The van der Waals surface area contributed by atoms with Crippen molar-refractivity contribution in [1.82, 2.24) is 10.3 Å². The normalized spacial score (nSPS) is 16.4. The molecule has 3 nitrogen and oxygen atoms in total. The van der Waals surface area contributed by atoms with Crippen molar-refractivity contribution in [2.24, 2.45) is 11.8 Å². The summed E-state index contributed by atoms with van der Waals surface area (Å²) < 4.78 is 0. The molecule has 0 bridgehead atoms. The van der Waals surface area contributed by atoms with Crippen LogP contribution in [0.25, 0.3) is 0 Å². The van der Waals surface area contributed by atoms with Crippen LogP contribution in [0.15, 0.2) is 5.38 Å². The van der Waals surface area contributed by atoms with Crippen LogP contribution in [-0.2, 0) is 6.42 Å². The highest BCUT2D eigenvalue weighted by Crippen LogP contribution is 2.23. The van der Waals surface area contributed by atoms with Crippen molar-refractivity contribution in [3.63, 3.8) is 0 Å². The number of carbonyl (C=O) groups excluding carboxylic acids is 1. The fourth-order valence-electron chi connectivity index (χ4n) is 2.40. The molecule has 1 fully saturated rings. The van der Waals surface area contributed by atoms with Crippen molar-refractivity contribution >= 4 is 17.2 Å². The minimum absolute atomic E-state index is 0.00634. The van der Waals surface area contributed by atoms with Gasteiger partial charge in [0.05, 0.1) is 5.01 Å². The summed E-state index contributed by atoms with van der Waals surface area (Å²) in [7, 11) is 0. The number of aromatic nitrogens is 1. The van der Waals surface area contributed by atoms with Gasteiger partial charge in [0.1, 0.15) is 5.69 Å². The first-order chi connectivity index (χ1) is 8.65. The Morgan fingerprint density at radius 3 is 2.89 bits per heavy atom. The lowest BCUT2D eigenvalue weighted by Crippen LogP contribution is -2.28. The van der Waals surface area contributed by atoms with Crippen LogP contribution in [0, 0.1) is 11.8 Å². The van der Waals surface area contributed by atoms with Crippen LogP contribution < -0.4 is 5.32 Å². The minimum atomic E-state index is -0.00634. The van der Waals surface area contributed by atoms with Crippen molar-refractivity contribution in [3.8, 4) is 0 Å². The number of carbonyl (C=O) groups is 1. The lowest BCUT2D eigenvalue weighted by Gasteiger charge is -2.09. The monoisotopic (exact) mass is 266 g/mol. The SMILES string of the molecule is CC(C)Cc1nc(C(=O)NCC2CCCC2)cs1. The Kier molecular flexibility index (Phi) is 4.75. The Morgan fingerprint density at radius 2 is 2.22 bits per heavy atom. The molecule has 1 amide bonds. The maximum atomic E-state index is 11.9. The zero-order valence-electron chi connectivity index (χ0n) is 11.2. The third-order valence-electron chi connectivity index (χ3n) is 3.39. The van der Waals surface area contributed by atoms with Gasteiger partial charge < -0.3 is 5.32 Å². The van der Waals surface area contributed by atoms with Crippen molar-refractivity contribution in [1.29, 1.82) is 0 Å². The molecule has 0 aliphatic heterocycles. The maximum Gasteiger partial charge on any atom is 0.270 e. The van der Waals surface area contributed by atoms with Gasteiger partial charge in [-0.05, 0) is 24.7 Å². The summed E-state index contributed by atoms with van der Waals surface area (Å²) in [4.78, 5) is 16.3. The molecule has 4 heteroatoms. The highest BCUT2D eigenvalue weighted by Gasteiger charge is 2.17. The van der Waals surface area contributed by atoms with E-state index in [0.717, 1.165) is 18.0 Å². The van der Waals surface area contributed by atoms with Gasteiger partial charge >= 0.3 is 0 Å². The summed E-state index contributed by atoms with van der Waals surface area (Å²) in [6.45, 7) is 5.15. The Balaban J connectivity index is 1.82. The van der Waals surface area contributed by atoms with Gasteiger partial charge in [-0.1, -0.05) is 26.7 Å². The largest absolute Gasteiger partial charge is 0.350 e. The first-order valence-electron chi connectivity index (χ1n) is 6.87. The molecule has 1 N–H and O–H groups in total. The number of thiazole rings is 1. The van der Waals surface area contributed by atoms with Gasteiger partial charge in [-0.25, -0.2) is 4.98 Å². The first-order valence-corrected chi connectivity index (χ1v) is 7.75. The van der Waals surface area contributed by atoms with Gasteiger partial charge in [0.2, 0.25) is 0 Å². The smallest absolute Gasteiger partial charge is 0.270 e. The van der Waals surface area contributed by atoms with E-state index in [4.69, 9.17) is 0 Å². The third-order valence-corrected chi connectivity index (χ3v) is 4.26. The molecule has 0 saturated heterocycles. The fourth-order valence-corrected chi connectivity index (χ4v) is 3.39. The van der Waals surface area contributed by atoms with E-state index in [0.29, 0.717) is 17.5 Å². The molecule has 2 rings (SSSR count). The average molecular weight is 266 g/mol. The number of nitrogens with zero attached hydrogens (tertiary/aromatic N) is 1. The summed E-state index contributed by atoms with van der Waals surface area (Å²) in [5, 5.41) is 5.96. The van der Waals surface area contributed by atoms with Gasteiger partial charge in [0, 0.05) is 18.3 Å². The lowest BCUT2D eigenvalue weighted by atomic mass is 10.1. The zero-order valence-corrected chi connectivity index (χ0v) is 12.1. The van der Waals surface area contributed by atoms with E-state index in [2.05, 4.69) is 24.1 Å². The molecule has 0 radical (unpaired) electrons. The molecular weight excluding hydrogens is 244 g/mol. The number of hydrogen-bond donors (Lipinski definition) is 1. The van der Waals surface area contributed by atoms with Crippen LogP contribution >= 0.6 is 11.3 Å². The van der Waals surface area contributed by atoms with Gasteiger partial charge in [-0.15, -0.1) is 11.3 Å². The molecule has 1 aromatic rings. The molecule has 18 heavy (non-hydrogen) atoms. The predicted molar refractivity (Wildman–Crippen MR) is 74.9 cm³/mol. The summed E-state index contributed by atoms with van der Waals surface area (Å²) in [5.74, 6) is 1.27. The second kappa shape index (κ2) is 6.32. The van der Waals surface area contributed by atoms with E-state index in [1.54, 1.807) is 11.3 Å². The predicted octanol–water partition coefficient (Wildman–Crippen LogP) is 3.26. The van der Waals surface area contributed by atoms with Crippen LogP contribution in [0.3, 0.4) is 0 Å². The number of hydrogen-bond acceptors (Lipinski definition) is 3. The van der Waals surface area contributed by atoms with Gasteiger partial charge in [-0.3, -0.25) is 4.79 Å². The highest BCUT2D eigenvalue weighted by molar-refractivity contribution is 7.09. The standard InChI is InChI=1S/C14H22N2OS/c1-10(2)7-13-16-12(9-18-13)14(17)15-8-11-5-3-4-6-11/h9-11H,3-8H2,1-2H3,(H,15,17).